The van der Waals surface area contributed by atoms with E-state index >= 15 is 0 Å². The number of rotatable bonds is 6. The second-order valence-corrected chi connectivity index (χ2v) is 6.34. The number of nitrogens with zero attached hydrogens (tertiary/aromatic N) is 1. The number of thioether (sulfide) groups is 1. The van der Waals surface area contributed by atoms with Gasteiger partial charge in [-0.05, 0) is 42.8 Å². The summed E-state index contributed by atoms with van der Waals surface area (Å²) in [5.41, 5.74) is 2.02. The van der Waals surface area contributed by atoms with Gasteiger partial charge in [0, 0.05) is 39.5 Å². The van der Waals surface area contributed by atoms with Gasteiger partial charge in [0.2, 0.25) is 0 Å². The Bertz CT molecular complexity index is 632. The van der Waals surface area contributed by atoms with Gasteiger partial charge in [0.05, 0.1) is 4.92 Å². The number of hydrogen-bond acceptors (Lipinski definition) is 4. The lowest BCUT2D eigenvalue weighted by atomic mass is 10.2. The molecule has 0 bridgehead atoms. The van der Waals surface area contributed by atoms with E-state index in [9.17, 15) is 10.1 Å². The molecule has 0 saturated heterocycles. The minimum atomic E-state index is -0.358. The average Bonchev–Trinajstić information content (AvgIpc) is 2.48. The van der Waals surface area contributed by atoms with Crippen LogP contribution in [0.25, 0.3) is 0 Å². The van der Waals surface area contributed by atoms with Crippen molar-refractivity contribution >= 4 is 39.1 Å². The molecule has 0 saturated carbocycles. The summed E-state index contributed by atoms with van der Waals surface area (Å²) in [6.07, 6.45) is 0. The summed E-state index contributed by atoms with van der Waals surface area (Å²) >= 11 is 5.06. The molecule has 0 aliphatic rings. The molecule has 2 aromatic carbocycles. The van der Waals surface area contributed by atoms with Crippen LogP contribution in [0.5, 0.6) is 0 Å². The molecular formula is C15H15BrN2O2S. The molecule has 0 spiro atoms. The maximum absolute atomic E-state index is 10.9. The molecular weight excluding hydrogens is 352 g/mol. The molecule has 4 nitrogen and oxygen atoms in total. The molecule has 6 heteroatoms. The van der Waals surface area contributed by atoms with Crippen molar-refractivity contribution in [3.05, 3.63) is 62.6 Å². The van der Waals surface area contributed by atoms with Crippen molar-refractivity contribution in [3.63, 3.8) is 0 Å². The van der Waals surface area contributed by atoms with Crippen LogP contribution in [0.15, 0.2) is 51.8 Å². The lowest BCUT2D eigenvalue weighted by molar-refractivity contribution is -0.384. The predicted octanol–water partition coefficient (Wildman–Crippen LogP) is 5.08. The molecule has 0 atom stereocenters. The van der Waals surface area contributed by atoms with E-state index in [-0.39, 0.29) is 10.6 Å². The van der Waals surface area contributed by atoms with Crippen molar-refractivity contribution in [2.75, 3.05) is 11.9 Å². The minimum absolute atomic E-state index is 0.128. The fourth-order valence-corrected chi connectivity index (χ4v) is 3.02. The Kier molecular flexibility index (Phi) is 5.64. The number of benzene rings is 2. The Morgan fingerprint density at radius 3 is 2.57 bits per heavy atom. The summed E-state index contributed by atoms with van der Waals surface area (Å²) in [5.74, 6) is 0.686. The third kappa shape index (κ3) is 4.47. The molecule has 2 rings (SSSR count). The van der Waals surface area contributed by atoms with Crippen LogP contribution in [0.2, 0.25) is 0 Å². The summed E-state index contributed by atoms with van der Waals surface area (Å²) in [4.78, 5) is 11.7. The Labute approximate surface area is 136 Å². The summed E-state index contributed by atoms with van der Waals surface area (Å²) in [7, 11) is 0. The highest BCUT2D eigenvalue weighted by Gasteiger charge is 2.10. The molecule has 0 fully saturated rings. The molecule has 21 heavy (non-hydrogen) atoms. The molecule has 0 aliphatic carbocycles. The van der Waals surface area contributed by atoms with Gasteiger partial charge in [0.15, 0.2) is 0 Å². The smallest absolute Gasteiger partial charge is 0.269 e. The number of halogens is 1. The minimum Gasteiger partial charge on any atom is -0.385 e. The third-order valence-corrected chi connectivity index (χ3v) is 4.46. The van der Waals surface area contributed by atoms with E-state index in [1.807, 2.05) is 31.2 Å². The first kappa shape index (κ1) is 15.9. The van der Waals surface area contributed by atoms with Crippen LogP contribution in [0.4, 0.5) is 11.4 Å². The van der Waals surface area contributed by atoms with Crippen molar-refractivity contribution in [1.29, 1.82) is 0 Å². The molecule has 0 aromatic heterocycles. The topological polar surface area (TPSA) is 55.2 Å². The summed E-state index contributed by atoms with van der Waals surface area (Å²) in [6, 6.07) is 13.0. The SMILES string of the molecule is CCNc1ccc([N+](=O)[O-])cc1CSc1ccc(Br)cc1. The molecule has 1 N–H and O–H groups in total. The lowest BCUT2D eigenvalue weighted by Crippen LogP contribution is -2.01. The van der Waals surface area contributed by atoms with Crippen LogP contribution in [-0.4, -0.2) is 11.5 Å². The molecule has 0 unspecified atom stereocenters. The lowest BCUT2D eigenvalue weighted by Gasteiger charge is -2.10. The van der Waals surface area contributed by atoms with E-state index in [1.165, 1.54) is 6.07 Å². The Morgan fingerprint density at radius 2 is 1.95 bits per heavy atom. The molecule has 0 heterocycles. The highest BCUT2D eigenvalue weighted by atomic mass is 79.9. The van der Waals surface area contributed by atoms with Crippen LogP contribution in [0.3, 0.4) is 0 Å². The van der Waals surface area contributed by atoms with Gasteiger partial charge >= 0.3 is 0 Å². The Morgan fingerprint density at radius 1 is 1.24 bits per heavy atom. The zero-order valence-electron chi connectivity index (χ0n) is 11.5. The van der Waals surface area contributed by atoms with Gasteiger partial charge in [0.1, 0.15) is 0 Å². The van der Waals surface area contributed by atoms with Crippen molar-refractivity contribution in [3.8, 4) is 0 Å². The predicted molar refractivity (Wildman–Crippen MR) is 91.0 cm³/mol. The first-order valence-corrected chi connectivity index (χ1v) is 8.27. The number of nitro groups is 1. The van der Waals surface area contributed by atoms with Crippen molar-refractivity contribution in [1.82, 2.24) is 0 Å². The second-order valence-electron chi connectivity index (χ2n) is 4.37. The van der Waals surface area contributed by atoms with Gasteiger partial charge in [-0.25, -0.2) is 0 Å². The van der Waals surface area contributed by atoms with Crippen LogP contribution >= 0.6 is 27.7 Å². The first-order chi connectivity index (χ1) is 10.1. The zero-order valence-corrected chi connectivity index (χ0v) is 13.9. The Hall–Kier alpha value is -1.53. The third-order valence-electron chi connectivity index (χ3n) is 2.87. The first-order valence-electron chi connectivity index (χ1n) is 6.49. The Balaban J connectivity index is 2.17. The number of non-ortho nitro benzene ring substituents is 1. The van der Waals surface area contributed by atoms with Crippen molar-refractivity contribution in [2.45, 2.75) is 17.6 Å². The van der Waals surface area contributed by atoms with Crippen LogP contribution < -0.4 is 5.32 Å². The number of nitrogens with one attached hydrogen (secondary N) is 1. The normalized spacial score (nSPS) is 10.4. The van der Waals surface area contributed by atoms with Gasteiger partial charge in [-0.15, -0.1) is 11.8 Å². The van der Waals surface area contributed by atoms with Crippen LogP contribution in [-0.2, 0) is 5.75 Å². The van der Waals surface area contributed by atoms with E-state index in [4.69, 9.17) is 0 Å². The van der Waals surface area contributed by atoms with Gasteiger partial charge in [-0.3, -0.25) is 10.1 Å². The van der Waals surface area contributed by atoms with Crippen molar-refractivity contribution in [2.24, 2.45) is 0 Å². The van der Waals surface area contributed by atoms with Gasteiger partial charge in [0.25, 0.3) is 5.69 Å². The number of nitro benzene ring substituents is 1. The number of anilines is 1. The molecule has 110 valence electrons. The van der Waals surface area contributed by atoms with E-state index in [2.05, 4.69) is 21.2 Å². The monoisotopic (exact) mass is 366 g/mol. The average molecular weight is 367 g/mol. The van der Waals surface area contributed by atoms with Crippen LogP contribution in [0.1, 0.15) is 12.5 Å². The summed E-state index contributed by atoms with van der Waals surface area (Å²) < 4.78 is 1.04. The van der Waals surface area contributed by atoms with Gasteiger partial charge < -0.3 is 5.32 Å². The van der Waals surface area contributed by atoms with E-state index in [0.717, 1.165) is 27.2 Å². The van der Waals surface area contributed by atoms with E-state index < -0.39 is 0 Å². The molecule has 0 aliphatic heterocycles. The highest BCUT2D eigenvalue weighted by molar-refractivity contribution is 9.10. The summed E-state index contributed by atoms with van der Waals surface area (Å²) in [5, 5.41) is 14.2. The fraction of sp³-hybridized carbons (Fsp3) is 0.200. The van der Waals surface area contributed by atoms with E-state index in [1.54, 1.807) is 23.9 Å². The maximum atomic E-state index is 10.9. The standard InChI is InChI=1S/C15H15BrN2O2S/c1-2-17-15-8-5-13(18(19)20)9-11(15)10-21-14-6-3-12(16)4-7-14/h3-9,17H,2,10H2,1H3. The van der Waals surface area contributed by atoms with Gasteiger partial charge in [-0.1, -0.05) is 15.9 Å². The highest BCUT2D eigenvalue weighted by Crippen LogP contribution is 2.30. The quantitative estimate of drug-likeness (QED) is 0.439. The molecule has 0 radical (unpaired) electrons. The van der Waals surface area contributed by atoms with Gasteiger partial charge in [-0.2, -0.15) is 0 Å². The number of hydrogen-bond donors (Lipinski definition) is 1. The maximum Gasteiger partial charge on any atom is 0.269 e. The van der Waals surface area contributed by atoms with Crippen LogP contribution in [0, 0.1) is 10.1 Å². The van der Waals surface area contributed by atoms with Crippen molar-refractivity contribution < 1.29 is 4.92 Å². The summed E-state index contributed by atoms with van der Waals surface area (Å²) in [6.45, 7) is 2.79. The van der Waals surface area contributed by atoms with E-state index in [0.29, 0.717) is 5.75 Å². The zero-order chi connectivity index (χ0) is 15.2. The largest absolute Gasteiger partial charge is 0.385 e. The molecule has 0 amide bonds. The molecule has 2 aromatic rings. The second kappa shape index (κ2) is 7.47. The fourth-order valence-electron chi connectivity index (χ4n) is 1.87.